The maximum Gasteiger partial charge on any atom is 0.306 e. The molecule has 0 radical (unpaired) electrons. The van der Waals surface area contributed by atoms with Crippen LogP contribution in [0.5, 0.6) is 0 Å². The number of hydrogen-bond acceptors (Lipinski definition) is 6. The van der Waals surface area contributed by atoms with Crippen LogP contribution in [-0.2, 0) is 28.6 Å². The van der Waals surface area contributed by atoms with Crippen LogP contribution in [0.4, 0.5) is 0 Å². The molecule has 0 spiro atoms. The molecule has 77 heavy (non-hydrogen) atoms. The van der Waals surface area contributed by atoms with Crippen molar-refractivity contribution in [2.75, 3.05) is 13.2 Å². The summed E-state index contributed by atoms with van der Waals surface area (Å²) in [6.07, 6.45) is 81.9. The minimum atomic E-state index is -0.781. The predicted molar refractivity (Wildman–Crippen MR) is 335 cm³/mol. The lowest BCUT2D eigenvalue weighted by Gasteiger charge is -2.18. The lowest BCUT2D eigenvalue weighted by Crippen LogP contribution is -2.30. The van der Waals surface area contributed by atoms with Crippen molar-refractivity contribution in [1.82, 2.24) is 0 Å². The van der Waals surface area contributed by atoms with Gasteiger partial charge in [0.25, 0.3) is 0 Å². The average molecular weight is 1080 g/mol. The molecule has 1 atom stereocenters. The minimum Gasteiger partial charge on any atom is -0.462 e. The molecule has 0 amide bonds. The number of carbonyl (C=O) groups is 3. The minimum absolute atomic E-state index is 0.0766. The molecular formula is C71H132O6. The highest BCUT2D eigenvalue weighted by atomic mass is 16.6. The molecule has 0 saturated heterocycles. The van der Waals surface area contributed by atoms with E-state index in [9.17, 15) is 14.4 Å². The van der Waals surface area contributed by atoms with Crippen LogP contribution in [0.25, 0.3) is 0 Å². The zero-order valence-corrected chi connectivity index (χ0v) is 52.0. The van der Waals surface area contributed by atoms with Gasteiger partial charge in [0.1, 0.15) is 13.2 Å². The van der Waals surface area contributed by atoms with Crippen molar-refractivity contribution in [2.45, 2.75) is 386 Å². The Balaban J connectivity index is 4.11. The van der Waals surface area contributed by atoms with Crippen molar-refractivity contribution < 1.29 is 28.6 Å². The van der Waals surface area contributed by atoms with Gasteiger partial charge in [0.15, 0.2) is 6.10 Å². The van der Waals surface area contributed by atoms with E-state index >= 15 is 0 Å². The Morgan fingerprint density at radius 3 is 0.766 bits per heavy atom. The lowest BCUT2D eigenvalue weighted by atomic mass is 10.0. The Hall–Kier alpha value is -2.37. The molecule has 6 heteroatoms. The van der Waals surface area contributed by atoms with Gasteiger partial charge in [-0.25, -0.2) is 0 Å². The first-order valence-electron chi connectivity index (χ1n) is 34.5. The fourth-order valence-corrected chi connectivity index (χ4v) is 10.4. The summed E-state index contributed by atoms with van der Waals surface area (Å²) in [5, 5.41) is 0. The van der Waals surface area contributed by atoms with Gasteiger partial charge in [-0.15, -0.1) is 0 Å². The normalized spacial score (nSPS) is 12.2. The Labute approximate surface area is 480 Å². The van der Waals surface area contributed by atoms with E-state index in [2.05, 4.69) is 57.2 Å². The van der Waals surface area contributed by atoms with Gasteiger partial charge in [-0.3, -0.25) is 14.4 Å². The molecule has 0 aliphatic carbocycles. The van der Waals surface area contributed by atoms with Crippen LogP contribution in [0.1, 0.15) is 380 Å². The van der Waals surface area contributed by atoms with E-state index in [4.69, 9.17) is 14.2 Å². The third-order valence-electron chi connectivity index (χ3n) is 15.6. The van der Waals surface area contributed by atoms with Gasteiger partial charge in [0, 0.05) is 19.3 Å². The first-order valence-corrected chi connectivity index (χ1v) is 34.5. The van der Waals surface area contributed by atoms with Gasteiger partial charge in [-0.2, -0.15) is 0 Å². The summed E-state index contributed by atoms with van der Waals surface area (Å²) in [7, 11) is 0. The topological polar surface area (TPSA) is 78.9 Å². The fourth-order valence-electron chi connectivity index (χ4n) is 10.4. The second-order valence-corrected chi connectivity index (χ2v) is 23.4. The van der Waals surface area contributed by atoms with Crippen LogP contribution in [-0.4, -0.2) is 37.2 Å². The summed E-state index contributed by atoms with van der Waals surface area (Å²) < 4.78 is 16.9. The van der Waals surface area contributed by atoms with Crippen LogP contribution in [0.3, 0.4) is 0 Å². The van der Waals surface area contributed by atoms with E-state index < -0.39 is 6.10 Å². The van der Waals surface area contributed by atoms with Crippen molar-refractivity contribution in [3.05, 3.63) is 36.5 Å². The summed E-state index contributed by atoms with van der Waals surface area (Å²) in [5.74, 6) is -0.878. The van der Waals surface area contributed by atoms with Crippen molar-refractivity contribution in [2.24, 2.45) is 0 Å². The van der Waals surface area contributed by atoms with Crippen LogP contribution < -0.4 is 0 Å². The molecular weight excluding hydrogens is 949 g/mol. The molecule has 0 N–H and O–H groups in total. The third-order valence-corrected chi connectivity index (χ3v) is 15.6. The second kappa shape index (κ2) is 66.1. The summed E-state index contributed by atoms with van der Waals surface area (Å²) in [6.45, 7) is 6.64. The van der Waals surface area contributed by atoms with E-state index in [0.29, 0.717) is 19.3 Å². The van der Waals surface area contributed by atoms with Gasteiger partial charge in [-0.1, -0.05) is 320 Å². The number of unbranched alkanes of at least 4 members (excludes halogenated alkanes) is 47. The fraction of sp³-hybridized carbons (Fsp3) is 0.873. The van der Waals surface area contributed by atoms with E-state index in [1.165, 1.54) is 250 Å². The van der Waals surface area contributed by atoms with Crippen molar-refractivity contribution in [3.63, 3.8) is 0 Å². The maximum atomic E-state index is 12.9. The monoisotopic (exact) mass is 1080 g/mol. The van der Waals surface area contributed by atoms with E-state index in [0.717, 1.165) is 89.9 Å². The molecule has 0 aliphatic heterocycles. The van der Waals surface area contributed by atoms with Gasteiger partial charge in [0.05, 0.1) is 0 Å². The van der Waals surface area contributed by atoms with E-state index in [1.54, 1.807) is 0 Å². The summed E-state index contributed by atoms with van der Waals surface area (Å²) >= 11 is 0. The zero-order valence-electron chi connectivity index (χ0n) is 52.0. The molecule has 0 rings (SSSR count). The molecule has 6 nitrogen and oxygen atoms in total. The Morgan fingerprint density at radius 1 is 0.260 bits per heavy atom. The van der Waals surface area contributed by atoms with Crippen molar-refractivity contribution in [3.8, 4) is 0 Å². The molecule has 0 fully saturated rings. The molecule has 1 unspecified atom stereocenters. The molecule has 452 valence electrons. The predicted octanol–water partition coefficient (Wildman–Crippen LogP) is 23.6. The molecule has 0 saturated carbocycles. The SMILES string of the molecule is CCCCC/C=C\CCCCCCCC(=O)OCC(COC(=O)CCCCCCCCCCCCCCCCCCCCCCCCCCCCCCCCC)OC(=O)CCCCCCC/C=C\C/C=C\CCCCCC. The van der Waals surface area contributed by atoms with Crippen LogP contribution >= 0.6 is 0 Å². The van der Waals surface area contributed by atoms with Crippen molar-refractivity contribution >= 4 is 17.9 Å². The zero-order chi connectivity index (χ0) is 55.7. The molecule has 0 heterocycles. The second-order valence-electron chi connectivity index (χ2n) is 23.4. The summed E-state index contributed by atoms with van der Waals surface area (Å²) in [5.41, 5.74) is 0. The lowest BCUT2D eigenvalue weighted by molar-refractivity contribution is -0.167. The highest BCUT2D eigenvalue weighted by Gasteiger charge is 2.19. The maximum absolute atomic E-state index is 12.9. The van der Waals surface area contributed by atoms with Gasteiger partial charge in [0.2, 0.25) is 0 Å². The Bertz CT molecular complexity index is 1290. The van der Waals surface area contributed by atoms with Crippen LogP contribution in [0, 0.1) is 0 Å². The number of carbonyl (C=O) groups excluding carboxylic acids is 3. The molecule has 0 aromatic heterocycles. The number of ether oxygens (including phenoxy) is 3. The van der Waals surface area contributed by atoms with Gasteiger partial charge >= 0.3 is 17.9 Å². The Morgan fingerprint density at radius 2 is 0.468 bits per heavy atom. The largest absolute Gasteiger partial charge is 0.462 e. The van der Waals surface area contributed by atoms with Crippen LogP contribution in [0.2, 0.25) is 0 Å². The summed E-state index contributed by atoms with van der Waals surface area (Å²) in [4.78, 5) is 38.3. The number of esters is 3. The molecule has 0 aliphatic rings. The highest BCUT2D eigenvalue weighted by molar-refractivity contribution is 5.71. The standard InChI is InChI=1S/C71H132O6/c1-4-7-10-13-16-19-22-25-27-29-30-31-32-33-34-35-36-37-38-39-40-41-42-43-45-46-49-52-55-58-61-64-70(73)76-67-68(66-75-69(72)63-60-57-54-51-48-24-21-18-15-12-9-6-3)77-71(74)65-62-59-56-53-50-47-44-28-26-23-20-17-14-11-8-5-2/h18,20-21,23,28,44,68H,4-17,19,22,24-27,29-43,45-67H2,1-3H3/b21-18-,23-20-,44-28-. The highest BCUT2D eigenvalue weighted by Crippen LogP contribution is 2.18. The smallest absolute Gasteiger partial charge is 0.306 e. The average Bonchev–Trinajstić information content (AvgIpc) is 3.43. The third kappa shape index (κ3) is 64.3. The van der Waals surface area contributed by atoms with Crippen LogP contribution in [0.15, 0.2) is 36.5 Å². The number of hydrogen-bond donors (Lipinski definition) is 0. The van der Waals surface area contributed by atoms with Gasteiger partial charge in [-0.05, 0) is 77.0 Å². The number of rotatable bonds is 64. The summed E-state index contributed by atoms with van der Waals surface area (Å²) in [6, 6.07) is 0. The Kier molecular flexibility index (Phi) is 64.1. The first-order chi connectivity index (χ1) is 38.0. The van der Waals surface area contributed by atoms with E-state index in [-0.39, 0.29) is 31.1 Å². The van der Waals surface area contributed by atoms with E-state index in [1.807, 2.05) is 0 Å². The first kappa shape index (κ1) is 74.6. The molecule has 0 bridgehead atoms. The van der Waals surface area contributed by atoms with Crippen molar-refractivity contribution in [1.29, 1.82) is 0 Å². The quantitative estimate of drug-likeness (QED) is 0.0261. The molecule has 0 aromatic rings. The number of allylic oxidation sites excluding steroid dienone is 6. The molecule has 0 aromatic carbocycles. The van der Waals surface area contributed by atoms with Gasteiger partial charge < -0.3 is 14.2 Å².